The molecule has 0 atom stereocenters. The van der Waals surface area contributed by atoms with Crippen LogP contribution in [0.15, 0.2) is 67.1 Å². The fourth-order valence-corrected chi connectivity index (χ4v) is 2.03. The third kappa shape index (κ3) is 5.20. The molecule has 0 saturated heterocycles. The summed E-state index contributed by atoms with van der Waals surface area (Å²) < 4.78 is 11.4. The molecule has 0 bridgehead atoms. The number of benzene rings is 2. The minimum absolute atomic E-state index is 0.0129. The molecule has 0 aliphatic carbocycles. The fourth-order valence-electron chi connectivity index (χ4n) is 2.03. The zero-order valence-electron chi connectivity index (χ0n) is 14.2. The molecule has 3 heteroatoms. The van der Waals surface area contributed by atoms with Gasteiger partial charge in [-0.2, -0.15) is 0 Å². The number of hydrogen-bond donors (Lipinski definition) is 1. The maximum absolute atomic E-state index is 10.5. The molecule has 0 spiro atoms. The summed E-state index contributed by atoms with van der Waals surface area (Å²) in [6.07, 6.45) is 1.79. The lowest BCUT2D eigenvalue weighted by Gasteiger charge is -2.15. The Bertz CT molecular complexity index is 670. The molecule has 0 fully saturated rings. The Labute approximate surface area is 143 Å². The minimum Gasteiger partial charge on any atom is -0.502 e. The van der Waals surface area contributed by atoms with E-state index in [0.29, 0.717) is 24.7 Å². The van der Waals surface area contributed by atoms with Crippen LogP contribution in [-0.4, -0.2) is 11.7 Å². The highest BCUT2D eigenvalue weighted by molar-refractivity contribution is 5.58. The summed E-state index contributed by atoms with van der Waals surface area (Å²) in [6.45, 7) is 8.63. The summed E-state index contributed by atoms with van der Waals surface area (Å²) in [5.74, 6) is 0.501. The molecule has 0 radical (unpaired) electrons. The van der Waals surface area contributed by atoms with Gasteiger partial charge in [0.15, 0.2) is 0 Å². The first-order valence-corrected chi connectivity index (χ1v) is 8.05. The predicted octanol–water partition coefficient (Wildman–Crippen LogP) is 5.40. The molecule has 0 aliphatic rings. The number of ether oxygens (including phenoxy) is 2. The lowest BCUT2D eigenvalue weighted by Crippen LogP contribution is -2.07. The predicted molar refractivity (Wildman–Crippen MR) is 98.1 cm³/mol. The van der Waals surface area contributed by atoms with E-state index < -0.39 is 0 Å². The Morgan fingerprint density at radius 2 is 1.71 bits per heavy atom. The molecule has 0 aliphatic heterocycles. The quantitative estimate of drug-likeness (QED) is 0.660. The molecule has 126 valence electrons. The zero-order valence-corrected chi connectivity index (χ0v) is 14.2. The number of hydrogen-bond acceptors (Lipinski definition) is 3. The summed E-state index contributed by atoms with van der Waals surface area (Å²) in [5.41, 5.74) is 2.71. The standard InChI is InChI=1S/C21H24O3/c1-4-17-10-12-18(13-11-17)15-24-21(23-14-16(2)3)20(22)19-8-6-5-7-9-19/h4-13,16,22H,1,14-15H2,2-3H3. The van der Waals surface area contributed by atoms with Crippen molar-refractivity contribution in [3.8, 4) is 0 Å². The van der Waals surface area contributed by atoms with E-state index in [4.69, 9.17) is 9.47 Å². The second-order valence-electron chi connectivity index (χ2n) is 5.94. The number of aliphatic hydroxyl groups excluding tert-OH is 1. The molecule has 1 N–H and O–H groups in total. The lowest BCUT2D eigenvalue weighted by atomic mass is 10.1. The van der Waals surface area contributed by atoms with Gasteiger partial charge in [-0.05, 0) is 17.0 Å². The van der Waals surface area contributed by atoms with Crippen molar-refractivity contribution in [2.45, 2.75) is 20.5 Å². The van der Waals surface area contributed by atoms with E-state index in [9.17, 15) is 5.11 Å². The molecule has 2 aromatic rings. The normalized spacial score (nSPS) is 11.8. The van der Waals surface area contributed by atoms with Crippen molar-refractivity contribution in [2.75, 3.05) is 6.61 Å². The molecule has 24 heavy (non-hydrogen) atoms. The Hall–Kier alpha value is -2.68. The summed E-state index contributed by atoms with van der Waals surface area (Å²) in [4.78, 5) is 0. The summed E-state index contributed by atoms with van der Waals surface area (Å²) in [5, 5.41) is 10.5. The average Bonchev–Trinajstić information content (AvgIpc) is 2.62. The van der Waals surface area contributed by atoms with Gasteiger partial charge in [0, 0.05) is 5.56 Å². The van der Waals surface area contributed by atoms with Crippen molar-refractivity contribution in [3.05, 3.63) is 83.8 Å². The van der Waals surface area contributed by atoms with Gasteiger partial charge >= 0.3 is 5.95 Å². The van der Waals surface area contributed by atoms with Crippen molar-refractivity contribution in [3.63, 3.8) is 0 Å². The van der Waals surface area contributed by atoms with Crippen LogP contribution in [-0.2, 0) is 16.1 Å². The highest BCUT2D eigenvalue weighted by atomic mass is 16.7. The molecule has 3 nitrogen and oxygen atoms in total. The lowest BCUT2D eigenvalue weighted by molar-refractivity contribution is 0.0143. The number of aliphatic hydroxyl groups is 1. The van der Waals surface area contributed by atoms with Crippen LogP contribution >= 0.6 is 0 Å². The van der Waals surface area contributed by atoms with Crippen LogP contribution < -0.4 is 0 Å². The van der Waals surface area contributed by atoms with E-state index in [0.717, 1.165) is 11.1 Å². The topological polar surface area (TPSA) is 38.7 Å². The Morgan fingerprint density at radius 3 is 2.29 bits per heavy atom. The molecule has 0 amide bonds. The first-order valence-electron chi connectivity index (χ1n) is 8.05. The summed E-state index contributed by atoms with van der Waals surface area (Å²) in [7, 11) is 0. The maximum Gasteiger partial charge on any atom is 0.324 e. The third-order valence-corrected chi connectivity index (χ3v) is 3.37. The maximum atomic E-state index is 10.5. The van der Waals surface area contributed by atoms with Gasteiger partial charge in [0.1, 0.15) is 6.61 Å². The smallest absolute Gasteiger partial charge is 0.324 e. The third-order valence-electron chi connectivity index (χ3n) is 3.37. The van der Waals surface area contributed by atoms with Crippen LogP contribution in [0, 0.1) is 5.92 Å². The Balaban J connectivity index is 2.14. The van der Waals surface area contributed by atoms with Gasteiger partial charge in [-0.1, -0.05) is 81.1 Å². The van der Waals surface area contributed by atoms with E-state index >= 15 is 0 Å². The molecule has 2 rings (SSSR count). The van der Waals surface area contributed by atoms with Gasteiger partial charge in [-0.25, -0.2) is 0 Å². The van der Waals surface area contributed by atoms with E-state index in [2.05, 4.69) is 6.58 Å². The van der Waals surface area contributed by atoms with E-state index in [1.165, 1.54) is 0 Å². The Kier molecular flexibility index (Phi) is 6.50. The second kappa shape index (κ2) is 8.82. The van der Waals surface area contributed by atoms with E-state index in [1.54, 1.807) is 6.08 Å². The monoisotopic (exact) mass is 324 g/mol. The second-order valence-corrected chi connectivity index (χ2v) is 5.94. The van der Waals surface area contributed by atoms with Crippen LogP contribution in [0.25, 0.3) is 11.8 Å². The van der Waals surface area contributed by atoms with Gasteiger partial charge in [-0.15, -0.1) is 0 Å². The molecular weight excluding hydrogens is 300 g/mol. The molecule has 0 aromatic heterocycles. The van der Waals surface area contributed by atoms with Gasteiger partial charge in [0.25, 0.3) is 0 Å². The van der Waals surface area contributed by atoms with Gasteiger partial charge in [-0.3, -0.25) is 0 Å². The van der Waals surface area contributed by atoms with Crippen LogP contribution in [0.3, 0.4) is 0 Å². The van der Waals surface area contributed by atoms with Crippen LogP contribution in [0.2, 0.25) is 0 Å². The molecular formula is C21H24O3. The molecule has 0 saturated carbocycles. The SMILES string of the molecule is C=Cc1ccc(COC(OCC(C)C)=C(O)c2ccccc2)cc1. The first kappa shape index (κ1) is 17.7. The Morgan fingerprint density at radius 1 is 1.04 bits per heavy atom. The van der Waals surface area contributed by atoms with E-state index in [-0.39, 0.29) is 11.7 Å². The van der Waals surface area contributed by atoms with Crippen LogP contribution in [0.4, 0.5) is 0 Å². The fraction of sp³-hybridized carbons (Fsp3) is 0.238. The van der Waals surface area contributed by atoms with Gasteiger partial charge in [0.2, 0.25) is 5.76 Å². The van der Waals surface area contributed by atoms with E-state index in [1.807, 2.05) is 68.4 Å². The summed E-state index contributed by atoms with van der Waals surface area (Å²) >= 11 is 0. The first-order chi connectivity index (χ1) is 11.6. The highest BCUT2D eigenvalue weighted by Gasteiger charge is 2.13. The largest absolute Gasteiger partial charge is 0.502 e. The summed E-state index contributed by atoms with van der Waals surface area (Å²) in [6, 6.07) is 17.1. The average molecular weight is 324 g/mol. The van der Waals surface area contributed by atoms with Crippen molar-refractivity contribution in [1.82, 2.24) is 0 Å². The number of rotatable bonds is 8. The minimum atomic E-state index is 0.0129. The van der Waals surface area contributed by atoms with Crippen molar-refractivity contribution < 1.29 is 14.6 Å². The highest BCUT2D eigenvalue weighted by Crippen LogP contribution is 2.20. The molecule has 2 aromatic carbocycles. The van der Waals surface area contributed by atoms with Gasteiger partial charge in [0.05, 0.1) is 6.61 Å². The van der Waals surface area contributed by atoms with Crippen LogP contribution in [0.5, 0.6) is 0 Å². The van der Waals surface area contributed by atoms with Gasteiger partial charge < -0.3 is 14.6 Å². The van der Waals surface area contributed by atoms with Crippen LogP contribution in [0.1, 0.15) is 30.5 Å². The van der Waals surface area contributed by atoms with Crippen molar-refractivity contribution in [1.29, 1.82) is 0 Å². The molecule has 0 heterocycles. The zero-order chi connectivity index (χ0) is 17.4. The molecule has 0 unspecified atom stereocenters. The van der Waals surface area contributed by atoms with Crippen molar-refractivity contribution >= 4 is 11.8 Å². The van der Waals surface area contributed by atoms with Crippen molar-refractivity contribution in [2.24, 2.45) is 5.92 Å².